The van der Waals surface area contributed by atoms with E-state index in [1.807, 2.05) is 23.9 Å². The van der Waals surface area contributed by atoms with Gasteiger partial charge in [0, 0.05) is 17.7 Å². The summed E-state index contributed by atoms with van der Waals surface area (Å²) in [5.41, 5.74) is 2.25. The van der Waals surface area contributed by atoms with Crippen molar-refractivity contribution in [1.82, 2.24) is 9.78 Å². The van der Waals surface area contributed by atoms with Gasteiger partial charge in [-0.15, -0.1) is 11.8 Å². The van der Waals surface area contributed by atoms with Gasteiger partial charge >= 0.3 is 0 Å². The van der Waals surface area contributed by atoms with Crippen molar-refractivity contribution < 1.29 is 5.11 Å². The summed E-state index contributed by atoms with van der Waals surface area (Å²) in [6, 6.07) is 7.30. The number of benzene rings is 1. The predicted octanol–water partition coefficient (Wildman–Crippen LogP) is 3.74. The van der Waals surface area contributed by atoms with Crippen molar-refractivity contribution in [3.63, 3.8) is 0 Å². The van der Waals surface area contributed by atoms with E-state index < -0.39 is 0 Å². The second kappa shape index (κ2) is 5.80. The van der Waals surface area contributed by atoms with Crippen LogP contribution in [0.3, 0.4) is 0 Å². The first-order chi connectivity index (χ1) is 8.61. The lowest BCUT2D eigenvalue weighted by Crippen LogP contribution is -1.96. The van der Waals surface area contributed by atoms with Crippen molar-refractivity contribution >= 4 is 27.7 Å². The predicted molar refractivity (Wildman–Crippen MR) is 78.0 cm³/mol. The van der Waals surface area contributed by atoms with Crippen molar-refractivity contribution in [2.24, 2.45) is 7.05 Å². The fraction of sp³-hybridized carbons (Fsp3) is 0.308. The average Bonchev–Trinajstić information content (AvgIpc) is 2.62. The van der Waals surface area contributed by atoms with Gasteiger partial charge in [-0.3, -0.25) is 4.68 Å². The molecule has 0 radical (unpaired) electrons. The van der Waals surface area contributed by atoms with Gasteiger partial charge in [0.05, 0.1) is 15.9 Å². The molecule has 1 aromatic heterocycles. The third-order valence-electron chi connectivity index (χ3n) is 2.70. The zero-order valence-electron chi connectivity index (χ0n) is 10.4. The van der Waals surface area contributed by atoms with E-state index in [4.69, 9.17) is 0 Å². The molecule has 5 heteroatoms. The summed E-state index contributed by atoms with van der Waals surface area (Å²) in [5.74, 6) is 1.13. The molecule has 0 spiro atoms. The molecule has 0 fully saturated rings. The number of aromatic hydroxyl groups is 1. The third kappa shape index (κ3) is 2.90. The van der Waals surface area contributed by atoms with Gasteiger partial charge < -0.3 is 5.11 Å². The van der Waals surface area contributed by atoms with Crippen molar-refractivity contribution in [1.29, 1.82) is 0 Å². The lowest BCUT2D eigenvalue weighted by atomic mass is 10.3. The zero-order chi connectivity index (χ0) is 13.1. The molecule has 96 valence electrons. The van der Waals surface area contributed by atoms with Gasteiger partial charge in [-0.05, 0) is 40.5 Å². The Morgan fingerprint density at radius 3 is 2.83 bits per heavy atom. The molecule has 0 bridgehead atoms. The molecule has 0 amide bonds. The highest BCUT2D eigenvalue weighted by Crippen LogP contribution is 2.30. The molecule has 2 rings (SSSR count). The lowest BCUT2D eigenvalue weighted by Gasteiger charge is -2.04. The molecule has 3 nitrogen and oxygen atoms in total. The number of phenolic OH excluding ortho intramolecular Hbond substituents is 1. The summed E-state index contributed by atoms with van der Waals surface area (Å²) in [5, 5.41) is 13.9. The van der Waals surface area contributed by atoms with Crippen LogP contribution in [-0.4, -0.2) is 14.9 Å². The molecular formula is C13H15BrN2OS. The van der Waals surface area contributed by atoms with Gasteiger partial charge in [-0.1, -0.05) is 13.0 Å². The number of hydrogen-bond acceptors (Lipinski definition) is 3. The summed E-state index contributed by atoms with van der Waals surface area (Å²) in [7, 11) is 1.96. The summed E-state index contributed by atoms with van der Waals surface area (Å²) < 4.78 is 3.01. The van der Waals surface area contributed by atoms with Crippen LogP contribution in [0.4, 0.5) is 0 Å². The molecule has 2 aromatic rings. The Morgan fingerprint density at radius 1 is 1.44 bits per heavy atom. The highest BCUT2D eigenvalue weighted by atomic mass is 79.9. The van der Waals surface area contributed by atoms with Crippen LogP contribution in [0.25, 0.3) is 0 Å². The maximum absolute atomic E-state index is 9.42. The smallest absolute Gasteiger partial charge is 0.116 e. The van der Waals surface area contributed by atoms with Crippen LogP contribution < -0.4 is 0 Å². The number of thioether (sulfide) groups is 1. The molecular weight excluding hydrogens is 312 g/mol. The molecule has 1 N–H and O–H groups in total. The van der Waals surface area contributed by atoms with Gasteiger partial charge in [0.25, 0.3) is 0 Å². The normalized spacial score (nSPS) is 10.8. The fourth-order valence-corrected chi connectivity index (χ4v) is 3.66. The number of hydrogen-bond donors (Lipinski definition) is 1. The minimum atomic E-state index is 0.304. The largest absolute Gasteiger partial charge is 0.508 e. The van der Waals surface area contributed by atoms with E-state index in [2.05, 4.69) is 28.0 Å². The van der Waals surface area contributed by atoms with Gasteiger partial charge in [0.2, 0.25) is 0 Å². The highest BCUT2D eigenvalue weighted by Gasteiger charge is 2.12. The molecule has 0 aliphatic heterocycles. The second-order valence-corrected chi connectivity index (χ2v) is 5.81. The second-order valence-electron chi connectivity index (χ2n) is 3.97. The number of nitrogens with zero attached hydrogens (tertiary/aromatic N) is 2. The quantitative estimate of drug-likeness (QED) is 0.870. The van der Waals surface area contributed by atoms with E-state index in [0.717, 1.165) is 27.2 Å². The summed E-state index contributed by atoms with van der Waals surface area (Å²) in [6.45, 7) is 2.10. The van der Waals surface area contributed by atoms with Crippen LogP contribution in [0.15, 0.2) is 33.6 Å². The standard InChI is InChI=1S/C13H15BrN2OS/c1-3-11-13(14)12(16(2)15-11)8-18-10-6-4-5-9(17)7-10/h4-7,17H,3,8H2,1-2H3. The van der Waals surface area contributed by atoms with Gasteiger partial charge in [-0.25, -0.2) is 0 Å². The Bertz CT molecular complexity index is 554. The van der Waals surface area contributed by atoms with Crippen LogP contribution in [0.5, 0.6) is 5.75 Å². The lowest BCUT2D eigenvalue weighted by molar-refractivity contribution is 0.474. The first-order valence-corrected chi connectivity index (χ1v) is 7.51. The molecule has 0 saturated carbocycles. The Balaban J connectivity index is 2.13. The average molecular weight is 327 g/mol. The number of halogens is 1. The monoisotopic (exact) mass is 326 g/mol. The van der Waals surface area contributed by atoms with Crippen LogP contribution >= 0.6 is 27.7 Å². The Kier molecular flexibility index (Phi) is 4.35. The van der Waals surface area contributed by atoms with Crippen molar-refractivity contribution in [2.45, 2.75) is 24.0 Å². The molecule has 0 aliphatic rings. The van der Waals surface area contributed by atoms with Gasteiger partial charge in [-0.2, -0.15) is 5.10 Å². The SMILES string of the molecule is CCc1nn(C)c(CSc2cccc(O)c2)c1Br. The Morgan fingerprint density at radius 2 is 2.22 bits per heavy atom. The molecule has 1 heterocycles. The molecule has 0 saturated heterocycles. The molecule has 18 heavy (non-hydrogen) atoms. The molecule has 1 aromatic carbocycles. The molecule has 0 unspecified atom stereocenters. The van der Waals surface area contributed by atoms with Crippen LogP contribution in [0.2, 0.25) is 0 Å². The minimum Gasteiger partial charge on any atom is -0.508 e. The number of aromatic nitrogens is 2. The van der Waals surface area contributed by atoms with E-state index in [1.165, 1.54) is 5.69 Å². The maximum atomic E-state index is 9.42. The van der Waals surface area contributed by atoms with Crippen molar-refractivity contribution in [3.05, 3.63) is 40.1 Å². The summed E-state index contributed by atoms with van der Waals surface area (Å²) >= 11 is 5.29. The Labute approximate surface area is 119 Å². The highest BCUT2D eigenvalue weighted by molar-refractivity contribution is 9.10. The van der Waals surface area contributed by atoms with E-state index in [0.29, 0.717) is 5.75 Å². The molecule has 0 aliphatic carbocycles. The first kappa shape index (κ1) is 13.5. The number of rotatable bonds is 4. The van der Waals surface area contributed by atoms with E-state index in [-0.39, 0.29) is 0 Å². The van der Waals surface area contributed by atoms with Crippen LogP contribution in [0, 0.1) is 0 Å². The summed E-state index contributed by atoms with van der Waals surface area (Å²) in [4.78, 5) is 1.06. The minimum absolute atomic E-state index is 0.304. The van der Waals surface area contributed by atoms with Gasteiger partial charge in [0.15, 0.2) is 0 Å². The zero-order valence-corrected chi connectivity index (χ0v) is 12.8. The third-order valence-corrected chi connectivity index (χ3v) is 4.62. The fourth-order valence-electron chi connectivity index (χ4n) is 1.70. The first-order valence-electron chi connectivity index (χ1n) is 5.74. The number of phenols is 1. The Hall–Kier alpha value is -0.940. The topological polar surface area (TPSA) is 38.0 Å². The summed E-state index contributed by atoms with van der Waals surface area (Å²) in [6.07, 6.45) is 0.922. The molecule has 0 atom stereocenters. The van der Waals surface area contributed by atoms with Crippen molar-refractivity contribution in [2.75, 3.05) is 0 Å². The van der Waals surface area contributed by atoms with Crippen LogP contribution in [0.1, 0.15) is 18.3 Å². The number of aryl methyl sites for hydroxylation is 2. The van der Waals surface area contributed by atoms with Gasteiger partial charge in [0.1, 0.15) is 5.75 Å². The van der Waals surface area contributed by atoms with Crippen LogP contribution in [-0.2, 0) is 19.2 Å². The van der Waals surface area contributed by atoms with E-state index in [9.17, 15) is 5.11 Å². The van der Waals surface area contributed by atoms with Crippen molar-refractivity contribution in [3.8, 4) is 5.75 Å². The van der Waals surface area contributed by atoms with E-state index in [1.54, 1.807) is 23.9 Å². The maximum Gasteiger partial charge on any atom is 0.116 e. The van der Waals surface area contributed by atoms with E-state index >= 15 is 0 Å².